The number of rotatable bonds is 0. The molecular formula is C5H7BN2. The van der Waals surface area contributed by atoms with Gasteiger partial charge >= 0.3 is 0 Å². The van der Waals surface area contributed by atoms with Crippen LogP contribution >= 0.6 is 0 Å². The number of aliphatic imine (C=N–C) groups is 2. The molecule has 0 saturated heterocycles. The fraction of sp³-hybridized carbons (Fsp3) is 0.600. The van der Waals surface area contributed by atoms with E-state index in [1.54, 1.807) is 0 Å². The zero-order chi connectivity index (χ0) is 6.15. The first-order valence-corrected chi connectivity index (χ1v) is 2.58. The quantitative estimate of drug-likeness (QED) is 0.398. The molecule has 3 heteroatoms. The predicted molar refractivity (Wildman–Crippen MR) is 35.8 cm³/mol. The van der Waals surface area contributed by atoms with Gasteiger partial charge in [-0.3, -0.25) is 9.98 Å². The fourth-order valence-corrected chi connectivity index (χ4v) is 0.670. The van der Waals surface area contributed by atoms with E-state index in [1.165, 1.54) is 0 Å². The van der Waals surface area contributed by atoms with Crippen LogP contribution in [0, 0.1) is 0 Å². The summed E-state index contributed by atoms with van der Waals surface area (Å²) in [4.78, 5) is 8.02. The van der Waals surface area contributed by atoms with E-state index < -0.39 is 0 Å². The fourth-order valence-electron chi connectivity index (χ4n) is 0.670. The molecule has 2 radical (unpaired) electrons. The maximum atomic E-state index is 5.39. The van der Waals surface area contributed by atoms with Crippen molar-refractivity contribution in [3.05, 3.63) is 0 Å². The van der Waals surface area contributed by atoms with Crippen LogP contribution in [0.1, 0.15) is 13.8 Å². The van der Waals surface area contributed by atoms with Crippen LogP contribution in [0.4, 0.5) is 0 Å². The first-order valence-electron chi connectivity index (χ1n) is 2.58. The standard InChI is InChI=1S/C5H7BN2/c1-3-5(6)8-4(2)7-3/h4H,1-2H3. The molecule has 0 aromatic carbocycles. The third-order valence-corrected chi connectivity index (χ3v) is 1.08. The van der Waals surface area contributed by atoms with Crippen LogP contribution < -0.4 is 0 Å². The van der Waals surface area contributed by atoms with Crippen molar-refractivity contribution >= 4 is 19.2 Å². The van der Waals surface area contributed by atoms with Gasteiger partial charge in [0.25, 0.3) is 0 Å². The minimum absolute atomic E-state index is 0.0509. The second kappa shape index (κ2) is 1.73. The molecule has 1 aliphatic rings. The largest absolute Gasteiger partial charge is 0.273 e. The van der Waals surface area contributed by atoms with E-state index in [0.29, 0.717) is 5.61 Å². The molecule has 1 heterocycles. The monoisotopic (exact) mass is 106 g/mol. The zero-order valence-electron chi connectivity index (χ0n) is 5.05. The van der Waals surface area contributed by atoms with Crippen molar-refractivity contribution in [2.75, 3.05) is 0 Å². The average Bonchev–Trinajstić information content (AvgIpc) is 1.85. The van der Waals surface area contributed by atoms with E-state index in [-0.39, 0.29) is 6.17 Å². The van der Waals surface area contributed by atoms with Crippen LogP contribution in [0.25, 0.3) is 0 Å². The van der Waals surface area contributed by atoms with Gasteiger partial charge in [0.15, 0.2) is 0 Å². The van der Waals surface area contributed by atoms with E-state index >= 15 is 0 Å². The Labute approximate surface area is 50.1 Å². The van der Waals surface area contributed by atoms with Gasteiger partial charge in [0.2, 0.25) is 0 Å². The van der Waals surface area contributed by atoms with E-state index in [4.69, 9.17) is 7.85 Å². The van der Waals surface area contributed by atoms with Gasteiger partial charge in [0.05, 0.1) is 0 Å². The Hall–Kier alpha value is -0.595. The lowest BCUT2D eigenvalue weighted by atomic mass is 9.98. The molecule has 0 bridgehead atoms. The van der Waals surface area contributed by atoms with Crippen LogP contribution in [-0.2, 0) is 0 Å². The van der Waals surface area contributed by atoms with Gasteiger partial charge < -0.3 is 0 Å². The molecule has 0 fully saturated rings. The highest BCUT2D eigenvalue weighted by atomic mass is 15.0. The second-order valence-electron chi connectivity index (χ2n) is 1.86. The zero-order valence-corrected chi connectivity index (χ0v) is 5.05. The molecule has 1 rings (SSSR count). The number of hydrogen-bond donors (Lipinski definition) is 0. The molecule has 8 heavy (non-hydrogen) atoms. The van der Waals surface area contributed by atoms with Gasteiger partial charge in [0, 0.05) is 11.3 Å². The van der Waals surface area contributed by atoms with Crippen molar-refractivity contribution < 1.29 is 0 Å². The molecule has 40 valence electrons. The minimum atomic E-state index is 0.0509. The SMILES string of the molecule is [B]C1=NC(C)N=C1C. The predicted octanol–water partition coefficient (Wildman–Crippen LogP) is 0.374. The summed E-state index contributed by atoms with van der Waals surface area (Å²) in [5, 5.41) is 0. The summed E-state index contributed by atoms with van der Waals surface area (Å²) >= 11 is 0. The Morgan fingerprint density at radius 3 is 2.25 bits per heavy atom. The van der Waals surface area contributed by atoms with Crippen LogP contribution in [0.5, 0.6) is 0 Å². The van der Waals surface area contributed by atoms with Gasteiger partial charge in [-0.25, -0.2) is 0 Å². The van der Waals surface area contributed by atoms with Crippen molar-refractivity contribution in [1.82, 2.24) is 0 Å². The molecule has 1 atom stereocenters. The first-order chi connectivity index (χ1) is 3.70. The summed E-state index contributed by atoms with van der Waals surface area (Å²) in [6.45, 7) is 3.77. The lowest BCUT2D eigenvalue weighted by molar-refractivity contribution is 0.815. The molecule has 0 aliphatic carbocycles. The number of nitrogens with zero attached hydrogens (tertiary/aromatic N) is 2. The van der Waals surface area contributed by atoms with Gasteiger partial charge in [-0.1, -0.05) is 0 Å². The molecule has 0 amide bonds. The Kier molecular flexibility index (Phi) is 1.20. The van der Waals surface area contributed by atoms with Crippen LogP contribution in [0.2, 0.25) is 0 Å². The molecule has 0 saturated carbocycles. The average molecular weight is 106 g/mol. The molecule has 0 spiro atoms. The molecule has 2 nitrogen and oxygen atoms in total. The molecule has 1 aliphatic heterocycles. The first kappa shape index (κ1) is 5.54. The Bertz CT molecular complexity index is 142. The normalized spacial score (nSPS) is 27.5. The number of hydrogen-bond acceptors (Lipinski definition) is 2. The third-order valence-electron chi connectivity index (χ3n) is 1.08. The topological polar surface area (TPSA) is 24.7 Å². The van der Waals surface area contributed by atoms with Gasteiger partial charge in [-0.2, -0.15) is 0 Å². The highest BCUT2D eigenvalue weighted by Gasteiger charge is 2.06. The summed E-state index contributed by atoms with van der Waals surface area (Å²) in [7, 11) is 5.39. The summed E-state index contributed by atoms with van der Waals surface area (Å²) in [6, 6.07) is 0. The van der Waals surface area contributed by atoms with Crippen molar-refractivity contribution in [3.8, 4) is 0 Å². The molecule has 0 aromatic rings. The van der Waals surface area contributed by atoms with E-state index in [2.05, 4.69) is 9.98 Å². The van der Waals surface area contributed by atoms with Crippen molar-refractivity contribution in [3.63, 3.8) is 0 Å². The van der Waals surface area contributed by atoms with E-state index in [1.807, 2.05) is 13.8 Å². The third kappa shape index (κ3) is 0.806. The molecule has 0 aromatic heterocycles. The Balaban J connectivity index is 2.82. The highest BCUT2D eigenvalue weighted by molar-refractivity contribution is 6.80. The van der Waals surface area contributed by atoms with Crippen LogP contribution in [-0.4, -0.2) is 25.3 Å². The summed E-state index contributed by atoms with van der Waals surface area (Å²) in [6.07, 6.45) is 0.0509. The smallest absolute Gasteiger partial charge is 0.143 e. The maximum Gasteiger partial charge on any atom is 0.143 e. The van der Waals surface area contributed by atoms with Crippen molar-refractivity contribution in [1.29, 1.82) is 0 Å². The van der Waals surface area contributed by atoms with Crippen molar-refractivity contribution in [2.24, 2.45) is 9.98 Å². The Morgan fingerprint density at radius 2 is 2.12 bits per heavy atom. The summed E-state index contributed by atoms with van der Waals surface area (Å²) < 4.78 is 0. The van der Waals surface area contributed by atoms with Gasteiger partial charge in [-0.05, 0) is 13.8 Å². The minimum Gasteiger partial charge on any atom is -0.273 e. The van der Waals surface area contributed by atoms with Gasteiger partial charge in [0.1, 0.15) is 14.0 Å². The highest BCUT2D eigenvalue weighted by Crippen LogP contribution is 2.01. The van der Waals surface area contributed by atoms with Crippen LogP contribution in [0.15, 0.2) is 9.98 Å². The molecule has 0 N–H and O–H groups in total. The summed E-state index contributed by atoms with van der Waals surface area (Å²) in [5.74, 6) is 0. The maximum absolute atomic E-state index is 5.39. The second-order valence-corrected chi connectivity index (χ2v) is 1.86. The lowest BCUT2D eigenvalue weighted by Crippen LogP contribution is -2.04. The summed E-state index contributed by atoms with van der Waals surface area (Å²) in [5.41, 5.74) is 1.44. The van der Waals surface area contributed by atoms with Gasteiger partial charge in [-0.15, -0.1) is 0 Å². The lowest BCUT2D eigenvalue weighted by Gasteiger charge is -1.86. The van der Waals surface area contributed by atoms with E-state index in [0.717, 1.165) is 5.71 Å². The Morgan fingerprint density at radius 1 is 1.50 bits per heavy atom. The van der Waals surface area contributed by atoms with E-state index in [9.17, 15) is 0 Å². The van der Waals surface area contributed by atoms with Crippen molar-refractivity contribution in [2.45, 2.75) is 20.0 Å². The van der Waals surface area contributed by atoms with Crippen LogP contribution in [0.3, 0.4) is 0 Å². The molecule has 1 unspecified atom stereocenters. The molecular weight excluding hydrogens is 98.9 g/mol.